The lowest BCUT2D eigenvalue weighted by molar-refractivity contribution is -0.119. The highest BCUT2D eigenvalue weighted by molar-refractivity contribution is 5.89. The summed E-state index contributed by atoms with van der Waals surface area (Å²) in [7, 11) is 1.33. The van der Waals surface area contributed by atoms with E-state index in [0.717, 1.165) is 0 Å². The number of rotatable bonds is 4. The zero-order chi connectivity index (χ0) is 12.0. The first-order valence-corrected chi connectivity index (χ1v) is 4.59. The number of hydrogen-bond donors (Lipinski definition) is 3. The van der Waals surface area contributed by atoms with Crippen molar-refractivity contribution in [1.82, 2.24) is 11.0 Å². The number of carbonyl (C=O) groups is 2. The second-order valence-electron chi connectivity index (χ2n) is 3.00. The van der Waals surface area contributed by atoms with Crippen LogP contribution in [0.25, 0.3) is 0 Å². The summed E-state index contributed by atoms with van der Waals surface area (Å²) in [6, 6.07) is 6.59. The molecule has 0 spiro atoms. The number of benzene rings is 1. The van der Waals surface area contributed by atoms with Crippen LogP contribution >= 0.6 is 0 Å². The molecule has 0 unspecified atom stereocenters. The number of ether oxygens (including phenoxy) is 1. The molecule has 1 aromatic carbocycles. The molecule has 0 radical (unpaired) electrons. The van der Waals surface area contributed by atoms with E-state index in [1.54, 1.807) is 24.3 Å². The lowest BCUT2D eigenvalue weighted by atomic mass is 10.2. The quantitative estimate of drug-likeness (QED) is 0.510. The zero-order valence-electron chi connectivity index (χ0n) is 9.03. The lowest BCUT2D eigenvalue weighted by Gasteiger charge is -2.08. The number of carbonyl (C=O) groups excluding carboxylic acids is 2. The Kier molecular flexibility index (Phi) is 4.28. The van der Waals surface area contributed by atoms with Gasteiger partial charge in [-0.3, -0.25) is 10.2 Å². The normalized spacial score (nSPS) is 9.38. The lowest BCUT2D eigenvalue weighted by Crippen LogP contribution is -2.39. The molecule has 6 nitrogen and oxygen atoms in total. The van der Waals surface area contributed by atoms with Crippen LogP contribution < -0.4 is 16.4 Å². The average molecular weight is 223 g/mol. The molecule has 0 aliphatic heterocycles. The van der Waals surface area contributed by atoms with Gasteiger partial charge in [-0.25, -0.2) is 4.79 Å². The van der Waals surface area contributed by atoms with E-state index in [0.29, 0.717) is 11.3 Å². The van der Waals surface area contributed by atoms with Crippen molar-refractivity contribution in [2.45, 2.75) is 6.92 Å². The average Bonchev–Trinajstić information content (AvgIpc) is 2.28. The summed E-state index contributed by atoms with van der Waals surface area (Å²) in [6.07, 6.45) is 0. The van der Waals surface area contributed by atoms with Gasteiger partial charge in [0.2, 0.25) is 5.91 Å². The molecule has 0 aliphatic carbocycles. The molecule has 0 atom stereocenters. The summed E-state index contributed by atoms with van der Waals surface area (Å²) in [5, 5.41) is 0. The Hall–Kier alpha value is -2.08. The van der Waals surface area contributed by atoms with Crippen molar-refractivity contribution >= 4 is 17.6 Å². The fourth-order valence-corrected chi connectivity index (χ4v) is 0.999. The second-order valence-corrected chi connectivity index (χ2v) is 3.00. The van der Waals surface area contributed by atoms with E-state index in [4.69, 9.17) is 0 Å². The van der Waals surface area contributed by atoms with Gasteiger partial charge in [0.25, 0.3) is 0 Å². The van der Waals surface area contributed by atoms with Gasteiger partial charge >= 0.3 is 5.97 Å². The topological polar surface area (TPSA) is 79.5 Å². The van der Waals surface area contributed by atoms with Gasteiger partial charge in [-0.15, -0.1) is 5.53 Å². The summed E-state index contributed by atoms with van der Waals surface area (Å²) in [5.74, 6) is -0.597. The Labute approximate surface area is 92.9 Å². The summed E-state index contributed by atoms with van der Waals surface area (Å²) in [4.78, 5) is 21.7. The number of methoxy groups -OCH3 is 1. The van der Waals surface area contributed by atoms with Gasteiger partial charge in [0.1, 0.15) is 0 Å². The number of esters is 1. The SMILES string of the molecule is COC(=O)c1ccc(NNNC(C)=O)cc1. The van der Waals surface area contributed by atoms with Crippen LogP contribution in [0.2, 0.25) is 0 Å². The maximum absolute atomic E-state index is 11.1. The van der Waals surface area contributed by atoms with Crippen LogP contribution in [-0.2, 0) is 9.53 Å². The van der Waals surface area contributed by atoms with E-state index in [2.05, 4.69) is 21.1 Å². The standard InChI is InChI=1S/C10H13N3O3/c1-7(14)11-13-12-9-5-3-8(4-6-9)10(15)16-2/h3-6,12-13H,1-2H3,(H,11,14). The van der Waals surface area contributed by atoms with Crippen molar-refractivity contribution in [3.8, 4) is 0 Å². The maximum atomic E-state index is 11.1. The van der Waals surface area contributed by atoms with Crippen molar-refractivity contribution in [2.75, 3.05) is 12.5 Å². The van der Waals surface area contributed by atoms with Crippen molar-refractivity contribution in [2.24, 2.45) is 0 Å². The fourth-order valence-electron chi connectivity index (χ4n) is 0.999. The fraction of sp³-hybridized carbons (Fsp3) is 0.200. The molecule has 0 aliphatic rings. The van der Waals surface area contributed by atoms with Gasteiger partial charge in [0.05, 0.1) is 18.4 Å². The minimum Gasteiger partial charge on any atom is -0.465 e. The van der Waals surface area contributed by atoms with E-state index < -0.39 is 0 Å². The molecule has 16 heavy (non-hydrogen) atoms. The molecule has 0 bridgehead atoms. The third-order valence-corrected chi connectivity index (χ3v) is 1.75. The predicted molar refractivity (Wildman–Crippen MR) is 58.4 cm³/mol. The molecular weight excluding hydrogens is 210 g/mol. The van der Waals surface area contributed by atoms with Crippen LogP contribution in [0.15, 0.2) is 24.3 Å². The van der Waals surface area contributed by atoms with Gasteiger partial charge in [-0.2, -0.15) is 0 Å². The monoisotopic (exact) mass is 223 g/mol. The summed E-state index contributed by atoms with van der Waals surface area (Å²) < 4.78 is 4.56. The van der Waals surface area contributed by atoms with Crippen molar-refractivity contribution in [3.05, 3.63) is 29.8 Å². The zero-order valence-corrected chi connectivity index (χ0v) is 9.03. The molecule has 0 aromatic heterocycles. The molecule has 1 amide bonds. The molecule has 86 valence electrons. The number of nitrogens with one attached hydrogen (secondary N) is 3. The highest BCUT2D eigenvalue weighted by Crippen LogP contribution is 2.08. The maximum Gasteiger partial charge on any atom is 0.337 e. The Balaban J connectivity index is 2.51. The first-order valence-electron chi connectivity index (χ1n) is 4.59. The van der Waals surface area contributed by atoms with Gasteiger partial charge in [-0.1, -0.05) is 0 Å². The van der Waals surface area contributed by atoms with Gasteiger partial charge in [-0.05, 0) is 24.3 Å². The molecule has 6 heteroatoms. The number of hydrazine groups is 2. The van der Waals surface area contributed by atoms with Crippen LogP contribution in [0.5, 0.6) is 0 Å². The van der Waals surface area contributed by atoms with Gasteiger partial charge < -0.3 is 10.2 Å². The molecule has 1 aromatic rings. The Bertz CT molecular complexity index is 375. The molecule has 1 rings (SSSR count). The molecule has 0 saturated carbocycles. The van der Waals surface area contributed by atoms with E-state index in [-0.39, 0.29) is 11.9 Å². The summed E-state index contributed by atoms with van der Waals surface area (Å²) in [6.45, 7) is 1.38. The van der Waals surface area contributed by atoms with Crippen molar-refractivity contribution < 1.29 is 14.3 Å². The summed E-state index contributed by atoms with van der Waals surface area (Å²) in [5.41, 5.74) is 8.75. The second kappa shape index (κ2) is 5.72. The molecule has 0 heterocycles. The van der Waals surface area contributed by atoms with E-state index in [9.17, 15) is 9.59 Å². The van der Waals surface area contributed by atoms with Crippen molar-refractivity contribution in [1.29, 1.82) is 0 Å². The van der Waals surface area contributed by atoms with Crippen LogP contribution in [0.4, 0.5) is 5.69 Å². The Morgan fingerprint density at radius 3 is 2.31 bits per heavy atom. The van der Waals surface area contributed by atoms with Gasteiger partial charge in [0, 0.05) is 6.92 Å². The van der Waals surface area contributed by atoms with Crippen LogP contribution in [0.1, 0.15) is 17.3 Å². The molecule has 0 saturated heterocycles. The number of amides is 1. The van der Waals surface area contributed by atoms with E-state index in [1.807, 2.05) is 0 Å². The van der Waals surface area contributed by atoms with Crippen LogP contribution in [0, 0.1) is 0 Å². The van der Waals surface area contributed by atoms with Crippen molar-refractivity contribution in [3.63, 3.8) is 0 Å². The molecule has 3 N–H and O–H groups in total. The largest absolute Gasteiger partial charge is 0.465 e. The predicted octanol–water partition coefficient (Wildman–Crippen LogP) is 0.441. The third-order valence-electron chi connectivity index (χ3n) is 1.75. The highest BCUT2D eigenvalue weighted by atomic mass is 16.5. The Morgan fingerprint density at radius 2 is 1.81 bits per heavy atom. The molecule has 0 fully saturated rings. The minimum atomic E-state index is -0.388. The third kappa shape index (κ3) is 3.58. The highest BCUT2D eigenvalue weighted by Gasteiger charge is 2.03. The van der Waals surface area contributed by atoms with E-state index >= 15 is 0 Å². The number of hydrogen-bond acceptors (Lipinski definition) is 5. The van der Waals surface area contributed by atoms with Crippen LogP contribution in [0.3, 0.4) is 0 Å². The van der Waals surface area contributed by atoms with Gasteiger partial charge in [0.15, 0.2) is 0 Å². The molecular formula is C10H13N3O3. The number of anilines is 1. The Morgan fingerprint density at radius 1 is 1.19 bits per heavy atom. The summed E-state index contributed by atoms with van der Waals surface area (Å²) >= 11 is 0. The first kappa shape index (κ1) is 12.0. The van der Waals surface area contributed by atoms with Crippen LogP contribution in [-0.4, -0.2) is 19.0 Å². The smallest absolute Gasteiger partial charge is 0.337 e. The first-order chi connectivity index (χ1) is 7.63. The minimum absolute atomic E-state index is 0.210. The van der Waals surface area contributed by atoms with E-state index in [1.165, 1.54) is 14.0 Å².